The molecule has 0 unspecified atom stereocenters. The first kappa shape index (κ1) is 10.7. The molecule has 84 valence electrons. The summed E-state index contributed by atoms with van der Waals surface area (Å²) in [5.74, 6) is -2.66. The normalized spacial score (nSPS) is 24.2. The van der Waals surface area contributed by atoms with Crippen molar-refractivity contribution >= 4 is 11.9 Å². The molecular formula is C12H13NO3. The van der Waals surface area contributed by atoms with E-state index in [-0.39, 0.29) is 5.92 Å². The van der Waals surface area contributed by atoms with Gasteiger partial charge in [0.25, 0.3) is 0 Å². The van der Waals surface area contributed by atoms with Gasteiger partial charge in [-0.05, 0) is 12.5 Å². The summed E-state index contributed by atoms with van der Waals surface area (Å²) in [4.78, 5) is 22.4. The number of hydrogen-bond acceptors (Lipinski definition) is 2. The summed E-state index contributed by atoms with van der Waals surface area (Å²) >= 11 is 0. The summed E-state index contributed by atoms with van der Waals surface area (Å²) in [5, 5.41) is 11.6. The van der Waals surface area contributed by atoms with Crippen LogP contribution in [0.4, 0.5) is 0 Å². The number of carbonyl (C=O) groups excluding carboxylic acids is 1. The maximum atomic E-state index is 11.4. The molecule has 1 saturated heterocycles. The minimum atomic E-state index is -1.06. The lowest BCUT2D eigenvalue weighted by Gasteiger charge is -2.13. The molecule has 4 heteroatoms. The van der Waals surface area contributed by atoms with Crippen LogP contribution in [0, 0.1) is 12.8 Å². The van der Waals surface area contributed by atoms with Gasteiger partial charge in [0.1, 0.15) is 5.92 Å². The Hall–Kier alpha value is -1.84. The minimum absolute atomic E-state index is 0.259. The fourth-order valence-electron chi connectivity index (χ4n) is 2.03. The van der Waals surface area contributed by atoms with Gasteiger partial charge < -0.3 is 10.4 Å². The molecule has 0 bridgehead atoms. The molecule has 0 aromatic heterocycles. The smallest absolute Gasteiger partial charge is 0.316 e. The van der Waals surface area contributed by atoms with Crippen molar-refractivity contribution in [1.82, 2.24) is 5.32 Å². The van der Waals surface area contributed by atoms with E-state index in [2.05, 4.69) is 5.32 Å². The highest BCUT2D eigenvalue weighted by atomic mass is 16.4. The van der Waals surface area contributed by atoms with Gasteiger partial charge in [0.15, 0.2) is 0 Å². The monoisotopic (exact) mass is 219 g/mol. The van der Waals surface area contributed by atoms with E-state index in [4.69, 9.17) is 5.11 Å². The third-order valence-electron chi connectivity index (χ3n) is 2.95. The fraction of sp³-hybridized carbons (Fsp3) is 0.333. The Kier molecular flexibility index (Phi) is 2.64. The van der Waals surface area contributed by atoms with Crippen LogP contribution in [0.1, 0.15) is 17.0 Å². The van der Waals surface area contributed by atoms with Crippen LogP contribution in [0.5, 0.6) is 0 Å². The number of carboxylic acids is 1. The first-order valence-electron chi connectivity index (χ1n) is 5.16. The molecule has 1 heterocycles. The highest BCUT2D eigenvalue weighted by Crippen LogP contribution is 2.29. The van der Waals surface area contributed by atoms with Gasteiger partial charge in [-0.15, -0.1) is 0 Å². The molecule has 1 aliphatic rings. The number of hydrogen-bond donors (Lipinski definition) is 2. The van der Waals surface area contributed by atoms with E-state index in [1.165, 1.54) is 0 Å². The van der Waals surface area contributed by atoms with Crippen LogP contribution < -0.4 is 5.32 Å². The maximum Gasteiger partial charge on any atom is 0.316 e. The highest BCUT2D eigenvalue weighted by molar-refractivity contribution is 5.99. The van der Waals surface area contributed by atoms with Crippen LogP contribution >= 0.6 is 0 Å². The summed E-state index contributed by atoms with van der Waals surface area (Å²) in [6, 6.07) is 7.63. The molecule has 1 aromatic carbocycles. The van der Waals surface area contributed by atoms with Crippen LogP contribution in [0.3, 0.4) is 0 Å². The zero-order valence-electron chi connectivity index (χ0n) is 8.93. The molecule has 0 saturated carbocycles. The average molecular weight is 219 g/mol. The second-order valence-electron chi connectivity index (χ2n) is 4.08. The zero-order chi connectivity index (χ0) is 11.7. The standard InChI is InChI=1S/C12H13NO3/c1-7-2-4-8(5-3-7)9-6-13-11(14)10(9)12(15)16/h2-5,9-10H,6H2,1H3,(H,13,14)(H,15,16)/t9-,10-/m1/s1. The van der Waals surface area contributed by atoms with E-state index >= 15 is 0 Å². The van der Waals surface area contributed by atoms with Gasteiger partial charge in [-0.3, -0.25) is 9.59 Å². The topological polar surface area (TPSA) is 66.4 Å². The number of carboxylic acid groups (broad SMARTS) is 1. The Bertz CT molecular complexity index is 424. The summed E-state index contributed by atoms with van der Waals surface area (Å²) < 4.78 is 0. The van der Waals surface area contributed by atoms with E-state index in [0.717, 1.165) is 11.1 Å². The lowest BCUT2D eigenvalue weighted by molar-refractivity contribution is -0.145. The predicted molar refractivity (Wildman–Crippen MR) is 58.1 cm³/mol. The van der Waals surface area contributed by atoms with Crippen molar-refractivity contribution in [3.05, 3.63) is 35.4 Å². The van der Waals surface area contributed by atoms with Crippen molar-refractivity contribution in [2.75, 3.05) is 6.54 Å². The van der Waals surface area contributed by atoms with Gasteiger partial charge >= 0.3 is 5.97 Å². The third kappa shape index (κ3) is 1.78. The quantitative estimate of drug-likeness (QED) is 0.726. The second kappa shape index (κ2) is 3.96. The molecular weight excluding hydrogens is 206 g/mol. The van der Waals surface area contributed by atoms with Gasteiger partial charge in [-0.25, -0.2) is 0 Å². The lowest BCUT2D eigenvalue weighted by Crippen LogP contribution is -2.26. The molecule has 2 rings (SSSR count). The SMILES string of the molecule is Cc1ccc([C@H]2CNC(=O)[C@@H]2C(=O)O)cc1. The summed E-state index contributed by atoms with van der Waals surface area (Å²) in [6.07, 6.45) is 0. The van der Waals surface area contributed by atoms with Crippen molar-refractivity contribution in [1.29, 1.82) is 0 Å². The number of aliphatic carboxylic acids is 1. The van der Waals surface area contributed by atoms with Crippen molar-refractivity contribution in [2.24, 2.45) is 5.92 Å². The molecule has 16 heavy (non-hydrogen) atoms. The second-order valence-corrected chi connectivity index (χ2v) is 4.08. The number of carbonyl (C=O) groups is 2. The number of amides is 1. The molecule has 1 fully saturated rings. The van der Waals surface area contributed by atoms with Gasteiger partial charge in [-0.2, -0.15) is 0 Å². The fourth-order valence-corrected chi connectivity index (χ4v) is 2.03. The molecule has 1 amide bonds. The molecule has 0 spiro atoms. The minimum Gasteiger partial charge on any atom is -0.481 e. The van der Waals surface area contributed by atoms with Gasteiger partial charge in [0.05, 0.1) is 0 Å². The summed E-state index contributed by atoms with van der Waals surface area (Å²) in [6.45, 7) is 2.37. The van der Waals surface area contributed by atoms with Crippen molar-refractivity contribution in [3.8, 4) is 0 Å². The predicted octanol–water partition coefficient (Wildman–Crippen LogP) is 0.909. The van der Waals surface area contributed by atoms with Crippen LogP contribution in [0.25, 0.3) is 0 Å². The van der Waals surface area contributed by atoms with Crippen molar-refractivity contribution in [2.45, 2.75) is 12.8 Å². The van der Waals surface area contributed by atoms with Crippen LogP contribution in [0.15, 0.2) is 24.3 Å². The van der Waals surface area contributed by atoms with E-state index in [0.29, 0.717) is 6.54 Å². The van der Waals surface area contributed by atoms with Crippen LogP contribution in [-0.4, -0.2) is 23.5 Å². The van der Waals surface area contributed by atoms with E-state index in [1.807, 2.05) is 31.2 Å². The maximum absolute atomic E-state index is 11.4. The molecule has 1 aliphatic heterocycles. The number of aryl methyl sites for hydroxylation is 1. The van der Waals surface area contributed by atoms with Crippen LogP contribution in [0.2, 0.25) is 0 Å². The van der Waals surface area contributed by atoms with Gasteiger partial charge in [0, 0.05) is 12.5 Å². The van der Waals surface area contributed by atoms with E-state index in [9.17, 15) is 9.59 Å². The Morgan fingerprint density at radius 2 is 2.00 bits per heavy atom. The van der Waals surface area contributed by atoms with Gasteiger partial charge in [-0.1, -0.05) is 29.8 Å². The summed E-state index contributed by atoms with van der Waals surface area (Å²) in [5.41, 5.74) is 2.02. The Morgan fingerprint density at radius 3 is 2.56 bits per heavy atom. The number of benzene rings is 1. The van der Waals surface area contributed by atoms with E-state index < -0.39 is 17.8 Å². The Morgan fingerprint density at radius 1 is 1.38 bits per heavy atom. The largest absolute Gasteiger partial charge is 0.481 e. The first-order valence-corrected chi connectivity index (χ1v) is 5.16. The molecule has 2 N–H and O–H groups in total. The summed E-state index contributed by atoms with van der Waals surface area (Å²) in [7, 11) is 0. The molecule has 4 nitrogen and oxygen atoms in total. The van der Waals surface area contributed by atoms with Gasteiger partial charge in [0.2, 0.25) is 5.91 Å². The first-order chi connectivity index (χ1) is 7.59. The Labute approximate surface area is 93.3 Å². The number of rotatable bonds is 2. The molecule has 1 aromatic rings. The average Bonchev–Trinajstić information content (AvgIpc) is 2.61. The molecule has 2 atom stereocenters. The lowest BCUT2D eigenvalue weighted by atomic mass is 9.88. The van der Waals surface area contributed by atoms with Crippen LogP contribution in [-0.2, 0) is 9.59 Å². The Balaban J connectivity index is 2.30. The van der Waals surface area contributed by atoms with E-state index in [1.54, 1.807) is 0 Å². The zero-order valence-corrected chi connectivity index (χ0v) is 8.93. The van der Waals surface area contributed by atoms with Crippen molar-refractivity contribution in [3.63, 3.8) is 0 Å². The number of nitrogens with one attached hydrogen (secondary N) is 1. The molecule has 0 radical (unpaired) electrons. The van der Waals surface area contributed by atoms with Crippen molar-refractivity contribution < 1.29 is 14.7 Å². The highest BCUT2D eigenvalue weighted by Gasteiger charge is 2.40. The third-order valence-corrected chi connectivity index (χ3v) is 2.95. The molecule has 0 aliphatic carbocycles.